The maximum absolute atomic E-state index is 10.8. The normalized spacial score (nSPS) is 10.6. The summed E-state index contributed by atoms with van der Waals surface area (Å²) in [5.74, 6) is -0.166. The highest BCUT2D eigenvalue weighted by Crippen LogP contribution is 2.07. The van der Waals surface area contributed by atoms with Crippen LogP contribution >= 0.6 is 0 Å². The van der Waals surface area contributed by atoms with Crippen LogP contribution in [0.3, 0.4) is 0 Å². The van der Waals surface area contributed by atoms with E-state index in [-0.39, 0.29) is 5.97 Å². The minimum atomic E-state index is -0.166. The van der Waals surface area contributed by atoms with E-state index >= 15 is 0 Å². The van der Waals surface area contributed by atoms with E-state index in [0.29, 0.717) is 6.42 Å². The van der Waals surface area contributed by atoms with E-state index in [9.17, 15) is 4.79 Å². The molecule has 16 heavy (non-hydrogen) atoms. The third kappa shape index (κ3) is 11.0. The quantitative estimate of drug-likeness (QED) is 0.318. The summed E-state index contributed by atoms with van der Waals surface area (Å²) in [6, 6.07) is 0. The molecule has 0 saturated carbocycles. The lowest BCUT2D eigenvalue weighted by molar-refractivity contribution is -0.139. The Balaban J connectivity index is 3.14. The minimum Gasteiger partial charge on any atom is -0.469 e. The Kier molecular flexibility index (Phi) is 11.2. The lowest BCUT2D eigenvalue weighted by Crippen LogP contribution is -1.96. The predicted molar refractivity (Wildman–Crippen MR) is 68.3 cm³/mol. The van der Waals surface area contributed by atoms with E-state index in [1.54, 1.807) is 0 Å². The number of methoxy groups -OCH3 is 1. The monoisotopic (exact) mass is 224 g/mol. The Labute approximate surface area is 99.4 Å². The molecule has 0 aromatic rings. The van der Waals surface area contributed by atoms with Crippen LogP contribution < -0.4 is 0 Å². The second kappa shape index (κ2) is 12.0. The van der Waals surface area contributed by atoms with Crippen molar-refractivity contribution in [2.45, 2.75) is 51.4 Å². The van der Waals surface area contributed by atoms with Gasteiger partial charge in [0.1, 0.15) is 0 Å². The molecule has 0 aromatic heterocycles. The van der Waals surface area contributed by atoms with Gasteiger partial charge in [-0.1, -0.05) is 37.5 Å². The van der Waals surface area contributed by atoms with Gasteiger partial charge in [-0.2, -0.15) is 0 Å². The molecule has 0 atom stereocenters. The first kappa shape index (κ1) is 14.9. The molecule has 0 heterocycles. The average Bonchev–Trinajstić information content (AvgIpc) is 2.31. The van der Waals surface area contributed by atoms with Gasteiger partial charge in [0.05, 0.1) is 13.5 Å². The van der Waals surface area contributed by atoms with E-state index in [2.05, 4.69) is 17.4 Å². The van der Waals surface area contributed by atoms with Crippen LogP contribution in [-0.4, -0.2) is 13.1 Å². The zero-order valence-corrected chi connectivity index (χ0v) is 10.4. The summed E-state index contributed by atoms with van der Waals surface area (Å²) in [5.41, 5.74) is 0. The van der Waals surface area contributed by atoms with Crippen molar-refractivity contribution < 1.29 is 9.53 Å². The topological polar surface area (TPSA) is 26.3 Å². The van der Waals surface area contributed by atoms with Gasteiger partial charge in [-0.3, -0.25) is 4.79 Å². The number of rotatable bonds is 10. The zero-order chi connectivity index (χ0) is 12.1. The molecular weight excluding hydrogens is 200 g/mol. The molecule has 0 aromatic carbocycles. The van der Waals surface area contributed by atoms with Crippen molar-refractivity contribution in [3.63, 3.8) is 0 Å². The van der Waals surface area contributed by atoms with Crippen LogP contribution in [0, 0.1) is 0 Å². The number of carbonyl (C=O) groups is 1. The summed E-state index contributed by atoms with van der Waals surface area (Å²) in [4.78, 5) is 10.8. The number of allylic oxidation sites excluding steroid dienone is 2. The maximum Gasteiger partial charge on any atom is 0.309 e. The molecule has 0 fully saturated rings. The van der Waals surface area contributed by atoms with E-state index in [1.165, 1.54) is 39.2 Å². The van der Waals surface area contributed by atoms with Gasteiger partial charge in [0, 0.05) is 0 Å². The summed E-state index contributed by atoms with van der Waals surface area (Å²) in [5, 5.41) is 0. The van der Waals surface area contributed by atoms with E-state index in [1.807, 2.05) is 12.2 Å². The van der Waals surface area contributed by atoms with Gasteiger partial charge in [0.15, 0.2) is 0 Å². The number of carbonyl (C=O) groups excluding carboxylic acids is 1. The van der Waals surface area contributed by atoms with Crippen molar-refractivity contribution in [3.05, 3.63) is 24.8 Å². The van der Waals surface area contributed by atoms with Crippen molar-refractivity contribution in [1.29, 1.82) is 0 Å². The van der Waals surface area contributed by atoms with Crippen molar-refractivity contribution in [1.82, 2.24) is 0 Å². The zero-order valence-electron chi connectivity index (χ0n) is 10.4. The van der Waals surface area contributed by atoms with Crippen LogP contribution in [0.1, 0.15) is 51.4 Å². The molecule has 2 nitrogen and oxygen atoms in total. The molecule has 0 aliphatic heterocycles. The SMILES string of the molecule is C=CCCCCCCC/C=C/CC(=O)OC. The van der Waals surface area contributed by atoms with Gasteiger partial charge in [-0.05, 0) is 25.7 Å². The van der Waals surface area contributed by atoms with Gasteiger partial charge in [-0.25, -0.2) is 0 Å². The fourth-order valence-electron chi connectivity index (χ4n) is 1.46. The standard InChI is InChI=1S/C14H24O2/c1-3-4-5-6-7-8-9-10-11-12-13-14(15)16-2/h3,11-12H,1,4-10,13H2,2H3/b12-11+. The first-order valence-electron chi connectivity index (χ1n) is 6.14. The molecule has 0 rings (SSSR count). The molecule has 2 heteroatoms. The van der Waals surface area contributed by atoms with Gasteiger partial charge in [0.2, 0.25) is 0 Å². The average molecular weight is 224 g/mol. The van der Waals surface area contributed by atoms with E-state index in [0.717, 1.165) is 12.8 Å². The number of hydrogen-bond acceptors (Lipinski definition) is 2. The highest BCUT2D eigenvalue weighted by atomic mass is 16.5. The Hall–Kier alpha value is -1.05. The van der Waals surface area contributed by atoms with Crippen LogP contribution in [0.25, 0.3) is 0 Å². The smallest absolute Gasteiger partial charge is 0.309 e. The molecular formula is C14H24O2. The Bertz CT molecular complexity index is 207. The van der Waals surface area contributed by atoms with Crippen LogP contribution in [0.4, 0.5) is 0 Å². The van der Waals surface area contributed by atoms with Crippen molar-refractivity contribution in [2.75, 3.05) is 7.11 Å². The summed E-state index contributed by atoms with van der Waals surface area (Å²) in [7, 11) is 1.42. The van der Waals surface area contributed by atoms with Crippen LogP contribution in [0.15, 0.2) is 24.8 Å². The second-order valence-electron chi connectivity index (χ2n) is 3.89. The second-order valence-corrected chi connectivity index (χ2v) is 3.89. The molecule has 0 bridgehead atoms. The largest absolute Gasteiger partial charge is 0.469 e. The molecule has 0 N–H and O–H groups in total. The number of ether oxygens (including phenoxy) is 1. The third-order valence-electron chi connectivity index (χ3n) is 2.46. The van der Waals surface area contributed by atoms with Gasteiger partial charge in [-0.15, -0.1) is 6.58 Å². The highest BCUT2D eigenvalue weighted by Gasteiger charge is 1.93. The van der Waals surface area contributed by atoms with Crippen molar-refractivity contribution in [2.24, 2.45) is 0 Å². The van der Waals surface area contributed by atoms with Crippen LogP contribution in [0.2, 0.25) is 0 Å². The van der Waals surface area contributed by atoms with Crippen molar-refractivity contribution >= 4 is 5.97 Å². The van der Waals surface area contributed by atoms with E-state index < -0.39 is 0 Å². The summed E-state index contributed by atoms with van der Waals surface area (Å²) in [6.07, 6.45) is 14.9. The molecule has 92 valence electrons. The van der Waals surface area contributed by atoms with Gasteiger partial charge < -0.3 is 4.74 Å². The fraction of sp³-hybridized carbons (Fsp3) is 0.643. The van der Waals surface area contributed by atoms with E-state index in [4.69, 9.17) is 0 Å². The first-order valence-corrected chi connectivity index (χ1v) is 6.14. The summed E-state index contributed by atoms with van der Waals surface area (Å²) < 4.78 is 4.53. The Morgan fingerprint density at radius 1 is 1.06 bits per heavy atom. The van der Waals surface area contributed by atoms with Crippen molar-refractivity contribution in [3.8, 4) is 0 Å². The first-order chi connectivity index (χ1) is 7.81. The third-order valence-corrected chi connectivity index (χ3v) is 2.46. The fourth-order valence-corrected chi connectivity index (χ4v) is 1.46. The lowest BCUT2D eigenvalue weighted by Gasteiger charge is -1.98. The molecule has 0 unspecified atom stereocenters. The molecule has 0 aliphatic carbocycles. The highest BCUT2D eigenvalue weighted by molar-refractivity contribution is 5.70. The number of unbranched alkanes of at least 4 members (excludes halogenated alkanes) is 6. The summed E-state index contributed by atoms with van der Waals surface area (Å²) in [6.45, 7) is 3.70. The molecule has 0 spiro atoms. The lowest BCUT2D eigenvalue weighted by atomic mass is 10.1. The van der Waals surface area contributed by atoms with Crippen LogP contribution in [0.5, 0.6) is 0 Å². The molecule has 0 saturated heterocycles. The van der Waals surface area contributed by atoms with Gasteiger partial charge >= 0.3 is 5.97 Å². The predicted octanol–water partition coefficient (Wildman–Crippen LogP) is 4.02. The summed E-state index contributed by atoms with van der Waals surface area (Å²) >= 11 is 0. The Morgan fingerprint density at radius 2 is 1.69 bits per heavy atom. The number of esters is 1. The number of hydrogen-bond donors (Lipinski definition) is 0. The molecule has 0 amide bonds. The minimum absolute atomic E-state index is 0.166. The molecule has 0 radical (unpaired) electrons. The molecule has 0 aliphatic rings. The van der Waals surface area contributed by atoms with Gasteiger partial charge in [0.25, 0.3) is 0 Å². The van der Waals surface area contributed by atoms with Crippen LogP contribution in [-0.2, 0) is 9.53 Å². The Morgan fingerprint density at radius 3 is 2.31 bits per heavy atom. The maximum atomic E-state index is 10.8.